The second-order valence-electron chi connectivity index (χ2n) is 7.68. The molecule has 0 saturated heterocycles. The Labute approximate surface area is 99.6 Å². The van der Waals surface area contributed by atoms with Crippen molar-refractivity contribution in [3.8, 4) is 0 Å². The van der Waals surface area contributed by atoms with Crippen LogP contribution in [-0.2, 0) is 0 Å². The first-order valence-electron chi connectivity index (χ1n) is 7.11. The molecule has 92 valence electrons. The van der Waals surface area contributed by atoms with Gasteiger partial charge in [0.1, 0.15) is 0 Å². The molecular weight excluding hydrogens is 196 g/mol. The molecule has 0 aromatic rings. The zero-order valence-corrected chi connectivity index (χ0v) is 11.1. The van der Waals surface area contributed by atoms with Crippen molar-refractivity contribution in [2.75, 3.05) is 0 Å². The van der Waals surface area contributed by atoms with E-state index in [-0.39, 0.29) is 5.41 Å². The summed E-state index contributed by atoms with van der Waals surface area (Å²) in [5.74, 6) is 1.84. The highest BCUT2D eigenvalue weighted by atomic mass is 16.3. The van der Waals surface area contributed by atoms with Gasteiger partial charge in [-0.1, -0.05) is 13.8 Å². The molecule has 1 nitrogen and oxygen atoms in total. The molecule has 4 fully saturated rings. The van der Waals surface area contributed by atoms with Crippen LogP contribution in [0.25, 0.3) is 0 Å². The summed E-state index contributed by atoms with van der Waals surface area (Å²) in [6, 6.07) is 0. The molecule has 0 aromatic heterocycles. The molecule has 1 N–H and O–H groups in total. The third-order valence-corrected chi connectivity index (χ3v) is 6.18. The van der Waals surface area contributed by atoms with Crippen LogP contribution < -0.4 is 0 Å². The van der Waals surface area contributed by atoms with E-state index < -0.39 is 5.60 Å². The van der Waals surface area contributed by atoms with Gasteiger partial charge >= 0.3 is 0 Å². The highest BCUT2D eigenvalue weighted by molar-refractivity contribution is 5.11. The van der Waals surface area contributed by atoms with E-state index in [1.165, 1.54) is 38.5 Å². The van der Waals surface area contributed by atoms with Crippen molar-refractivity contribution >= 4 is 0 Å². The summed E-state index contributed by atoms with van der Waals surface area (Å²) in [4.78, 5) is 0. The maximum Gasteiger partial charge on any atom is 0.0673 e. The van der Waals surface area contributed by atoms with Crippen LogP contribution in [0.3, 0.4) is 0 Å². The van der Waals surface area contributed by atoms with Gasteiger partial charge in [-0.15, -0.1) is 0 Å². The number of hydrogen-bond acceptors (Lipinski definition) is 1. The highest BCUT2D eigenvalue weighted by Crippen LogP contribution is 2.68. The van der Waals surface area contributed by atoms with E-state index in [9.17, 15) is 5.11 Å². The van der Waals surface area contributed by atoms with Crippen LogP contribution in [0.5, 0.6) is 0 Å². The Morgan fingerprint density at radius 1 is 1.19 bits per heavy atom. The van der Waals surface area contributed by atoms with Crippen molar-refractivity contribution in [3.63, 3.8) is 0 Å². The van der Waals surface area contributed by atoms with E-state index in [1.54, 1.807) is 0 Å². The Balaban J connectivity index is 1.98. The predicted octanol–water partition coefficient (Wildman–Crippen LogP) is 3.75. The molecule has 0 heterocycles. The third kappa shape index (κ3) is 1.33. The second-order valence-corrected chi connectivity index (χ2v) is 7.68. The molecule has 3 atom stereocenters. The number of rotatable bonds is 2. The number of hydrogen-bond donors (Lipinski definition) is 1. The van der Waals surface area contributed by atoms with Gasteiger partial charge in [-0.05, 0) is 74.5 Å². The monoisotopic (exact) mass is 222 g/mol. The van der Waals surface area contributed by atoms with Crippen molar-refractivity contribution in [3.05, 3.63) is 0 Å². The topological polar surface area (TPSA) is 20.2 Å². The van der Waals surface area contributed by atoms with Gasteiger partial charge in [0.15, 0.2) is 0 Å². The van der Waals surface area contributed by atoms with Crippen LogP contribution in [0.1, 0.15) is 65.7 Å². The fraction of sp³-hybridized carbons (Fsp3) is 1.00. The lowest BCUT2D eigenvalue weighted by Crippen LogP contribution is -2.59. The van der Waals surface area contributed by atoms with E-state index in [4.69, 9.17) is 0 Å². The minimum Gasteiger partial charge on any atom is -0.390 e. The smallest absolute Gasteiger partial charge is 0.0673 e. The zero-order chi connectivity index (χ0) is 11.6. The van der Waals surface area contributed by atoms with Crippen molar-refractivity contribution in [1.29, 1.82) is 0 Å². The molecule has 0 radical (unpaired) electrons. The molecular formula is C15H26O. The molecule has 4 rings (SSSR count). The summed E-state index contributed by atoms with van der Waals surface area (Å²) >= 11 is 0. The predicted molar refractivity (Wildman–Crippen MR) is 66.1 cm³/mol. The lowest BCUT2D eigenvalue weighted by atomic mass is 9.41. The van der Waals surface area contributed by atoms with Crippen molar-refractivity contribution in [2.24, 2.45) is 22.7 Å². The molecule has 4 aliphatic rings. The molecule has 0 aromatic carbocycles. The second kappa shape index (κ2) is 3.04. The van der Waals surface area contributed by atoms with Gasteiger partial charge in [-0.25, -0.2) is 0 Å². The quantitative estimate of drug-likeness (QED) is 0.754. The summed E-state index contributed by atoms with van der Waals surface area (Å²) in [6.45, 7) is 6.73. The van der Waals surface area contributed by atoms with E-state index >= 15 is 0 Å². The van der Waals surface area contributed by atoms with Crippen LogP contribution in [0.15, 0.2) is 0 Å². The SMILES string of the molecule is CCC(C)(O)C12CC3CC(CC(C)(C3)C1)C2. The third-order valence-electron chi connectivity index (χ3n) is 6.18. The van der Waals surface area contributed by atoms with Crippen molar-refractivity contribution in [1.82, 2.24) is 0 Å². The number of aliphatic hydroxyl groups is 1. The minimum atomic E-state index is -0.425. The summed E-state index contributed by atoms with van der Waals surface area (Å²) in [6.07, 6.45) is 9.14. The van der Waals surface area contributed by atoms with E-state index in [2.05, 4.69) is 20.8 Å². The van der Waals surface area contributed by atoms with Gasteiger partial charge in [0.05, 0.1) is 5.60 Å². The standard InChI is InChI=1S/C15H26O/c1-4-14(3,16)15-8-11-5-12(9-15)7-13(2,6-11)10-15/h11-12,16H,4-10H2,1-3H3. The van der Waals surface area contributed by atoms with Gasteiger partial charge in [0.2, 0.25) is 0 Å². The highest BCUT2D eigenvalue weighted by Gasteiger charge is 2.61. The lowest BCUT2D eigenvalue weighted by molar-refractivity contribution is -0.195. The van der Waals surface area contributed by atoms with Crippen LogP contribution in [0.4, 0.5) is 0 Å². The van der Waals surface area contributed by atoms with E-state index in [0.29, 0.717) is 5.41 Å². The van der Waals surface area contributed by atoms with Gasteiger partial charge in [-0.2, -0.15) is 0 Å². The molecule has 3 unspecified atom stereocenters. The van der Waals surface area contributed by atoms with E-state index in [0.717, 1.165) is 18.3 Å². The molecule has 4 aliphatic carbocycles. The van der Waals surface area contributed by atoms with Gasteiger partial charge < -0.3 is 5.11 Å². The Bertz CT molecular complexity index is 291. The molecule has 0 spiro atoms. The fourth-order valence-corrected chi connectivity index (χ4v) is 5.73. The summed E-state index contributed by atoms with van der Waals surface area (Å²) < 4.78 is 0. The average Bonchev–Trinajstić information content (AvgIpc) is 2.13. The summed E-state index contributed by atoms with van der Waals surface area (Å²) in [7, 11) is 0. The minimum absolute atomic E-state index is 0.264. The maximum atomic E-state index is 10.8. The van der Waals surface area contributed by atoms with Crippen molar-refractivity contribution < 1.29 is 5.11 Å². The molecule has 0 amide bonds. The van der Waals surface area contributed by atoms with Crippen LogP contribution in [0.2, 0.25) is 0 Å². The zero-order valence-electron chi connectivity index (χ0n) is 11.1. The fourth-order valence-electron chi connectivity index (χ4n) is 5.73. The maximum absolute atomic E-state index is 10.8. The van der Waals surface area contributed by atoms with Gasteiger partial charge in [0, 0.05) is 0 Å². The first-order chi connectivity index (χ1) is 7.38. The molecule has 4 bridgehead atoms. The van der Waals surface area contributed by atoms with Gasteiger partial charge in [-0.3, -0.25) is 0 Å². The Morgan fingerprint density at radius 3 is 2.19 bits per heavy atom. The Morgan fingerprint density at radius 2 is 1.75 bits per heavy atom. The first-order valence-corrected chi connectivity index (χ1v) is 7.11. The molecule has 4 saturated carbocycles. The molecule has 16 heavy (non-hydrogen) atoms. The largest absolute Gasteiger partial charge is 0.390 e. The average molecular weight is 222 g/mol. The van der Waals surface area contributed by atoms with Gasteiger partial charge in [0.25, 0.3) is 0 Å². The van der Waals surface area contributed by atoms with Crippen LogP contribution in [0, 0.1) is 22.7 Å². The molecule has 1 heteroatoms. The Kier molecular flexibility index (Phi) is 2.11. The van der Waals surface area contributed by atoms with Crippen LogP contribution >= 0.6 is 0 Å². The van der Waals surface area contributed by atoms with Crippen LogP contribution in [-0.4, -0.2) is 10.7 Å². The van der Waals surface area contributed by atoms with Crippen molar-refractivity contribution in [2.45, 2.75) is 71.3 Å². The Hall–Kier alpha value is -0.0400. The summed E-state index contributed by atoms with van der Waals surface area (Å²) in [5.41, 5.74) is 0.399. The lowest BCUT2D eigenvalue weighted by Gasteiger charge is -2.65. The normalized spacial score (nSPS) is 54.0. The van der Waals surface area contributed by atoms with E-state index in [1.807, 2.05) is 0 Å². The molecule has 0 aliphatic heterocycles. The first kappa shape index (κ1) is 11.1. The summed E-state index contributed by atoms with van der Waals surface area (Å²) in [5, 5.41) is 10.8.